The Morgan fingerprint density at radius 3 is 2.50 bits per heavy atom. The summed E-state index contributed by atoms with van der Waals surface area (Å²) in [5, 5.41) is 3.64. The Kier molecular flexibility index (Phi) is 4.65. The number of fused-ring (bicyclic) bond motifs is 2. The van der Waals surface area contributed by atoms with E-state index in [2.05, 4.69) is 12.2 Å². The fourth-order valence-corrected chi connectivity index (χ4v) is 4.59. The van der Waals surface area contributed by atoms with Crippen LogP contribution >= 0.6 is 0 Å². The van der Waals surface area contributed by atoms with Gasteiger partial charge < -0.3 is 10.1 Å². The molecule has 20 heavy (non-hydrogen) atoms. The molecule has 4 atom stereocenters. The van der Waals surface area contributed by atoms with Crippen LogP contribution in [0.5, 0.6) is 0 Å². The minimum Gasteiger partial charge on any atom is -0.462 e. The fraction of sp³-hybridized carbons (Fsp3) is 0.941. The van der Waals surface area contributed by atoms with E-state index in [1.165, 1.54) is 44.9 Å². The average Bonchev–Trinajstić information content (AvgIpc) is 2.78. The smallest absolute Gasteiger partial charge is 0.306 e. The summed E-state index contributed by atoms with van der Waals surface area (Å²) in [4.78, 5) is 12.2. The SMILES string of the molecule is CCC1CCCCC1OC(=O)CC1CC2CCC(C1)N2. The van der Waals surface area contributed by atoms with Crippen LogP contribution in [0, 0.1) is 11.8 Å². The molecule has 2 heterocycles. The summed E-state index contributed by atoms with van der Waals surface area (Å²) < 4.78 is 5.83. The highest BCUT2D eigenvalue weighted by molar-refractivity contribution is 5.70. The number of carbonyl (C=O) groups is 1. The van der Waals surface area contributed by atoms with Crippen LogP contribution < -0.4 is 5.32 Å². The predicted octanol–water partition coefficient (Wildman–Crippen LogP) is 3.42. The van der Waals surface area contributed by atoms with Gasteiger partial charge in [0.15, 0.2) is 0 Å². The van der Waals surface area contributed by atoms with Crippen LogP contribution in [0.1, 0.15) is 71.1 Å². The summed E-state index contributed by atoms with van der Waals surface area (Å²) in [5.41, 5.74) is 0. The third-order valence-electron chi connectivity index (χ3n) is 5.67. The summed E-state index contributed by atoms with van der Waals surface area (Å²) in [5.74, 6) is 1.24. The molecule has 3 nitrogen and oxygen atoms in total. The molecule has 0 amide bonds. The summed E-state index contributed by atoms with van der Waals surface area (Å²) in [6.45, 7) is 2.22. The van der Waals surface area contributed by atoms with Crippen LogP contribution in [-0.2, 0) is 9.53 Å². The van der Waals surface area contributed by atoms with Crippen molar-refractivity contribution < 1.29 is 9.53 Å². The lowest BCUT2D eigenvalue weighted by Gasteiger charge is -2.32. The molecule has 0 aromatic heterocycles. The molecule has 2 aliphatic heterocycles. The second-order valence-electron chi connectivity index (χ2n) is 7.16. The van der Waals surface area contributed by atoms with E-state index in [0.29, 0.717) is 30.3 Å². The highest BCUT2D eigenvalue weighted by atomic mass is 16.5. The lowest BCUT2D eigenvalue weighted by molar-refractivity contribution is -0.155. The number of piperidine rings is 1. The number of nitrogens with one attached hydrogen (secondary N) is 1. The van der Waals surface area contributed by atoms with Crippen molar-refractivity contribution in [2.75, 3.05) is 0 Å². The van der Waals surface area contributed by atoms with Crippen LogP contribution in [0.3, 0.4) is 0 Å². The molecule has 2 saturated heterocycles. The number of ether oxygens (including phenoxy) is 1. The first-order chi connectivity index (χ1) is 9.74. The van der Waals surface area contributed by atoms with Gasteiger partial charge in [-0.2, -0.15) is 0 Å². The molecule has 0 spiro atoms. The monoisotopic (exact) mass is 279 g/mol. The van der Waals surface area contributed by atoms with E-state index in [-0.39, 0.29) is 12.1 Å². The lowest BCUT2D eigenvalue weighted by atomic mass is 9.84. The average molecular weight is 279 g/mol. The van der Waals surface area contributed by atoms with Crippen molar-refractivity contribution in [2.24, 2.45) is 11.8 Å². The van der Waals surface area contributed by atoms with E-state index in [9.17, 15) is 4.79 Å². The van der Waals surface area contributed by atoms with Gasteiger partial charge in [-0.25, -0.2) is 0 Å². The van der Waals surface area contributed by atoms with E-state index in [1.807, 2.05) is 0 Å². The van der Waals surface area contributed by atoms with E-state index < -0.39 is 0 Å². The highest BCUT2D eigenvalue weighted by Crippen LogP contribution is 2.34. The first-order valence-electron chi connectivity index (χ1n) is 8.70. The zero-order valence-corrected chi connectivity index (χ0v) is 12.8. The zero-order valence-electron chi connectivity index (χ0n) is 12.8. The van der Waals surface area contributed by atoms with Gasteiger partial charge >= 0.3 is 5.97 Å². The maximum absolute atomic E-state index is 12.2. The largest absolute Gasteiger partial charge is 0.462 e. The minimum absolute atomic E-state index is 0.0710. The molecular weight excluding hydrogens is 250 g/mol. The van der Waals surface area contributed by atoms with Crippen molar-refractivity contribution >= 4 is 5.97 Å². The van der Waals surface area contributed by atoms with Crippen molar-refractivity contribution in [3.8, 4) is 0 Å². The number of esters is 1. The number of carbonyl (C=O) groups excluding carboxylic acids is 1. The van der Waals surface area contributed by atoms with E-state index in [4.69, 9.17) is 4.74 Å². The predicted molar refractivity (Wildman–Crippen MR) is 79.4 cm³/mol. The standard InChI is InChI=1S/C17H29NO2/c1-2-13-5-3-4-6-16(13)20-17(19)11-12-9-14-7-8-15(10-12)18-14/h12-16,18H,2-11H2,1H3. The van der Waals surface area contributed by atoms with Crippen LogP contribution in [0.4, 0.5) is 0 Å². The van der Waals surface area contributed by atoms with Crippen molar-refractivity contribution in [3.63, 3.8) is 0 Å². The van der Waals surface area contributed by atoms with Gasteiger partial charge in [-0.1, -0.05) is 13.3 Å². The Hall–Kier alpha value is -0.570. The van der Waals surface area contributed by atoms with Gasteiger partial charge in [0.05, 0.1) is 0 Å². The topological polar surface area (TPSA) is 38.3 Å². The molecule has 114 valence electrons. The van der Waals surface area contributed by atoms with Crippen molar-refractivity contribution in [1.29, 1.82) is 0 Å². The normalized spacial score (nSPS) is 40.5. The first-order valence-corrected chi connectivity index (χ1v) is 8.70. The van der Waals surface area contributed by atoms with Crippen molar-refractivity contribution in [3.05, 3.63) is 0 Å². The van der Waals surface area contributed by atoms with Crippen LogP contribution in [0.15, 0.2) is 0 Å². The molecule has 2 bridgehead atoms. The van der Waals surface area contributed by atoms with Gasteiger partial charge in [0.1, 0.15) is 6.10 Å². The maximum atomic E-state index is 12.2. The second kappa shape index (κ2) is 6.46. The first kappa shape index (κ1) is 14.4. The summed E-state index contributed by atoms with van der Waals surface area (Å²) >= 11 is 0. The van der Waals surface area contributed by atoms with Crippen LogP contribution in [-0.4, -0.2) is 24.2 Å². The third kappa shape index (κ3) is 3.36. The van der Waals surface area contributed by atoms with Crippen molar-refractivity contribution in [2.45, 2.75) is 89.3 Å². The number of hydrogen-bond donors (Lipinski definition) is 1. The molecule has 3 fully saturated rings. The van der Waals surface area contributed by atoms with Gasteiger partial charge in [-0.3, -0.25) is 4.79 Å². The van der Waals surface area contributed by atoms with E-state index in [1.54, 1.807) is 0 Å². The highest BCUT2D eigenvalue weighted by Gasteiger charge is 2.35. The Morgan fingerprint density at radius 2 is 1.80 bits per heavy atom. The van der Waals surface area contributed by atoms with Gasteiger partial charge in [0.2, 0.25) is 0 Å². The Morgan fingerprint density at radius 1 is 1.10 bits per heavy atom. The molecule has 3 aliphatic rings. The third-order valence-corrected chi connectivity index (χ3v) is 5.67. The van der Waals surface area contributed by atoms with Gasteiger partial charge in [-0.15, -0.1) is 0 Å². The van der Waals surface area contributed by atoms with E-state index >= 15 is 0 Å². The summed E-state index contributed by atoms with van der Waals surface area (Å²) in [7, 11) is 0. The molecule has 3 heteroatoms. The molecule has 1 N–H and O–H groups in total. The van der Waals surface area contributed by atoms with Gasteiger partial charge in [0.25, 0.3) is 0 Å². The Balaban J connectivity index is 1.47. The van der Waals surface area contributed by atoms with E-state index in [0.717, 1.165) is 12.8 Å². The fourth-order valence-electron chi connectivity index (χ4n) is 4.59. The van der Waals surface area contributed by atoms with Gasteiger partial charge in [0, 0.05) is 18.5 Å². The molecule has 0 aromatic rings. The maximum Gasteiger partial charge on any atom is 0.306 e. The summed E-state index contributed by atoms with van der Waals surface area (Å²) in [6.07, 6.45) is 11.8. The quantitative estimate of drug-likeness (QED) is 0.801. The lowest BCUT2D eigenvalue weighted by Crippen LogP contribution is -2.39. The number of rotatable bonds is 4. The van der Waals surface area contributed by atoms with Gasteiger partial charge in [-0.05, 0) is 63.2 Å². The Labute approximate surface area is 122 Å². The molecule has 0 aromatic carbocycles. The minimum atomic E-state index is 0.0710. The van der Waals surface area contributed by atoms with Crippen molar-refractivity contribution in [1.82, 2.24) is 5.32 Å². The molecular formula is C17H29NO2. The molecule has 4 unspecified atom stereocenters. The molecule has 1 aliphatic carbocycles. The molecule has 0 radical (unpaired) electrons. The Bertz CT molecular complexity index is 332. The zero-order chi connectivity index (χ0) is 13.9. The second-order valence-corrected chi connectivity index (χ2v) is 7.16. The number of hydrogen-bond acceptors (Lipinski definition) is 3. The molecule has 1 saturated carbocycles. The summed E-state index contributed by atoms with van der Waals surface area (Å²) in [6, 6.07) is 1.34. The van der Waals surface area contributed by atoms with Crippen LogP contribution in [0.2, 0.25) is 0 Å². The molecule has 3 rings (SSSR count). The van der Waals surface area contributed by atoms with Crippen LogP contribution in [0.25, 0.3) is 0 Å².